The number of amides is 1. The van der Waals surface area contributed by atoms with Crippen molar-refractivity contribution in [2.75, 3.05) is 23.4 Å². The molecule has 2 N–H and O–H groups in total. The van der Waals surface area contributed by atoms with Crippen LogP contribution in [0.3, 0.4) is 0 Å². The zero-order valence-corrected chi connectivity index (χ0v) is 11.1. The van der Waals surface area contributed by atoms with E-state index in [-0.39, 0.29) is 11.9 Å². The predicted molar refractivity (Wildman–Crippen MR) is 80.7 cm³/mol. The normalized spacial score (nSPS) is 18.0. The number of carbonyl (C=O) groups is 1. The highest BCUT2D eigenvalue weighted by molar-refractivity contribution is 5.95. The Bertz CT molecular complexity index is 571. The Balaban J connectivity index is 1.61. The maximum absolute atomic E-state index is 12.2. The summed E-state index contributed by atoms with van der Waals surface area (Å²) in [5.74, 6) is 0.00892. The van der Waals surface area contributed by atoms with Crippen molar-refractivity contribution in [1.29, 1.82) is 0 Å². The van der Waals surface area contributed by atoms with Crippen molar-refractivity contribution in [3.8, 4) is 0 Å². The smallest absolute Gasteiger partial charge is 0.243 e. The van der Waals surface area contributed by atoms with Gasteiger partial charge in [0.05, 0.1) is 6.67 Å². The van der Waals surface area contributed by atoms with Gasteiger partial charge >= 0.3 is 0 Å². The molecule has 0 radical (unpaired) electrons. The summed E-state index contributed by atoms with van der Waals surface area (Å²) in [6.07, 6.45) is 0. The van der Waals surface area contributed by atoms with E-state index in [0.717, 1.165) is 11.4 Å². The lowest BCUT2D eigenvalue weighted by Crippen LogP contribution is -2.37. The summed E-state index contributed by atoms with van der Waals surface area (Å²) in [6.45, 7) is 1.37. The van der Waals surface area contributed by atoms with E-state index in [0.29, 0.717) is 13.2 Å². The molecular weight excluding hydrogens is 250 g/mol. The SMILES string of the molecule is O=C(Nc1ccccc1)C1CN(c2ccccc2)CN1. The van der Waals surface area contributed by atoms with Crippen LogP contribution in [0.1, 0.15) is 0 Å². The first-order valence-electron chi connectivity index (χ1n) is 6.72. The van der Waals surface area contributed by atoms with E-state index in [1.165, 1.54) is 0 Å². The van der Waals surface area contributed by atoms with Crippen LogP contribution < -0.4 is 15.5 Å². The minimum absolute atomic E-state index is 0.00892. The number of benzene rings is 2. The van der Waals surface area contributed by atoms with Crippen molar-refractivity contribution >= 4 is 17.3 Å². The molecule has 1 fully saturated rings. The average Bonchev–Trinajstić information content (AvgIpc) is 2.99. The van der Waals surface area contributed by atoms with E-state index in [4.69, 9.17) is 0 Å². The van der Waals surface area contributed by atoms with Gasteiger partial charge in [0.15, 0.2) is 0 Å². The molecule has 102 valence electrons. The Kier molecular flexibility index (Phi) is 3.65. The van der Waals surface area contributed by atoms with Crippen molar-refractivity contribution in [2.45, 2.75) is 6.04 Å². The number of carbonyl (C=O) groups excluding carboxylic acids is 1. The zero-order chi connectivity index (χ0) is 13.8. The Morgan fingerprint density at radius 3 is 2.40 bits per heavy atom. The topological polar surface area (TPSA) is 44.4 Å². The van der Waals surface area contributed by atoms with Gasteiger partial charge in [0, 0.05) is 17.9 Å². The summed E-state index contributed by atoms with van der Waals surface area (Å²) in [7, 11) is 0. The van der Waals surface area contributed by atoms with Crippen molar-refractivity contribution in [3.05, 3.63) is 60.7 Å². The lowest BCUT2D eigenvalue weighted by molar-refractivity contribution is -0.117. The van der Waals surface area contributed by atoms with Crippen molar-refractivity contribution < 1.29 is 4.79 Å². The molecule has 2 aromatic carbocycles. The first-order valence-corrected chi connectivity index (χ1v) is 6.72. The third-order valence-corrected chi connectivity index (χ3v) is 3.41. The fraction of sp³-hybridized carbons (Fsp3) is 0.188. The monoisotopic (exact) mass is 267 g/mol. The number of hydrogen-bond acceptors (Lipinski definition) is 3. The van der Waals surface area contributed by atoms with Gasteiger partial charge < -0.3 is 10.2 Å². The van der Waals surface area contributed by atoms with Crippen LogP contribution in [0.4, 0.5) is 11.4 Å². The van der Waals surface area contributed by atoms with Gasteiger partial charge in [0.25, 0.3) is 0 Å². The van der Waals surface area contributed by atoms with E-state index in [2.05, 4.69) is 27.7 Å². The second-order valence-electron chi connectivity index (χ2n) is 4.83. The standard InChI is InChI=1S/C16H17N3O/c20-16(18-13-7-3-1-4-8-13)15-11-19(12-17-15)14-9-5-2-6-10-14/h1-10,15,17H,11-12H2,(H,18,20). The Labute approximate surface area is 118 Å². The van der Waals surface area contributed by atoms with Gasteiger partial charge in [0.1, 0.15) is 6.04 Å². The van der Waals surface area contributed by atoms with Gasteiger partial charge in [-0.15, -0.1) is 0 Å². The number of hydrogen-bond donors (Lipinski definition) is 2. The van der Waals surface area contributed by atoms with Crippen LogP contribution >= 0.6 is 0 Å². The first kappa shape index (κ1) is 12.7. The minimum Gasteiger partial charge on any atom is -0.357 e. The third kappa shape index (κ3) is 2.81. The van der Waals surface area contributed by atoms with Crippen LogP contribution in [-0.4, -0.2) is 25.2 Å². The Morgan fingerprint density at radius 1 is 1.05 bits per heavy atom. The molecule has 0 aliphatic carbocycles. The van der Waals surface area contributed by atoms with Gasteiger partial charge in [-0.25, -0.2) is 0 Å². The molecule has 4 heteroatoms. The van der Waals surface area contributed by atoms with Gasteiger partial charge in [0.2, 0.25) is 5.91 Å². The largest absolute Gasteiger partial charge is 0.357 e. The fourth-order valence-corrected chi connectivity index (χ4v) is 2.33. The van der Waals surface area contributed by atoms with Crippen LogP contribution in [0.25, 0.3) is 0 Å². The first-order chi connectivity index (χ1) is 9.83. The molecule has 1 aliphatic rings. The van der Waals surface area contributed by atoms with E-state index >= 15 is 0 Å². The number of nitrogens with zero attached hydrogens (tertiary/aromatic N) is 1. The van der Waals surface area contributed by atoms with Crippen LogP contribution in [0.5, 0.6) is 0 Å². The highest BCUT2D eigenvalue weighted by atomic mass is 16.2. The summed E-state index contributed by atoms with van der Waals surface area (Å²) >= 11 is 0. The number of anilines is 2. The second kappa shape index (κ2) is 5.75. The lowest BCUT2D eigenvalue weighted by atomic mass is 10.2. The molecule has 1 aliphatic heterocycles. The molecule has 1 saturated heterocycles. The average molecular weight is 267 g/mol. The number of para-hydroxylation sites is 2. The third-order valence-electron chi connectivity index (χ3n) is 3.41. The summed E-state index contributed by atoms with van der Waals surface area (Å²) in [5, 5.41) is 6.17. The molecule has 0 spiro atoms. The molecule has 0 saturated carbocycles. The second-order valence-corrected chi connectivity index (χ2v) is 4.83. The molecule has 0 bridgehead atoms. The zero-order valence-electron chi connectivity index (χ0n) is 11.1. The van der Waals surface area contributed by atoms with Gasteiger partial charge in [-0.3, -0.25) is 10.1 Å². The molecule has 2 aromatic rings. The van der Waals surface area contributed by atoms with Gasteiger partial charge in [-0.2, -0.15) is 0 Å². The molecule has 1 heterocycles. The molecule has 1 unspecified atom stereocenters. The van der Waals surface area contributed by atoms with E-state index < -0.39 is 0 Å². The van der Waals surface area contributed by atoms with Crippen molar-refractivity contribution in [1.82, 2.24) is 5.32 Å². The van der Waals surface area contributed by atoms with Crippen LogP contribution in [-0.2, 0) is 4.79 Å². The summed E-state index contributed by atoms with van der Waals surface area (Å²) in [6, 6.07) is 19.5. The summed E-state index contributed by atoms with van der Waals surface area (Å²) < 4.78 is 0. The highest BCUT2D eigenvalue weighted by Crippen LogP contribution is 2.16. The summed E-state index contributed by atoms with van der Waals surface area (Å²) in [5.41, 5.74) is 1.97. The Morgan fingerprint density at radius 2 is 1.70 bits per heavy atom. The quantitative estimate of drug-likeness (QED) is 0.894. The molecule has 0 aromatic heterocycles. The van der Waals surface area contributed by atoms with E-state index in [9.17, 15) is 4.79 Å². The number of nitrogens with one attached hydrogen (secondary N) is 2. The molecular formula is C16H17N3O. The molecule has 1 amide bonds. The maximum Gasteiger partial charge on any atom is 0.243 e. The van der Waals surface area contributed by atoms with Crippen LogP contribution in [0, 0.1) is 0 Å². The summed E-state index contributed by atoms with van der Waals surface area (Å²) in [4.78, 5) is 14.4. The molecule has 4 nitrogen and oxygen atoms in total. The molecule has 20 heavy (non-hydrogen) atoms. The highest BCUT2D eigenvalue weighted by Gasteiger charge is 2.27. The lowest BCUT2D eigenvalue weighted by Gasteiger charge is -2.17. The van der Waals surface area contributed by atoms with Crippen molar-refractivity contribution in [3.63, 3.8) is 0 Å². The number of rotatable bonds is 3. The van der Waals surface area contributed by atoms with Crippen molar-refractivity contribution in [2.24, 2.45) is 0 Å². The van der Waals surface area contributed by atoms with Gasteiger partial charge in [-0.05, 0) is 24.3 Å². The van der Waals surface area contributed by atoms with Crippen LogP contribution in [0.15, 0.2) is 60.7 Å². The maximum atomic E-state index is 12.2. The fourth-order valence-electron chi connectivity index (χ4n) is 2.33. The van der Waals surface area contributed by atoms with E-state index in [1.807, 2.05) is 48.5 Å². The Hall–Kier alpha value is -2.33. The predicted octanol–water partition coefficient (Wildman–Crippen LogP) is 2.06. The van der Waals surface area contributed by atoms with Crippen LogP contribution in [0.2, 0.25) is 0 Å². The van der Waals surface area contributed by atoms with E-state index in [1.54, 1.807) is 0 Å². The van der Waals surface area contributed by atoms with Gasteiger partial charge in [-0.1, -0.05) is 36.4 Å². The minimum atomic E-state index is -0.185. The molecule has 3 rings (SSSR count). The molecule has 1 atom stereocenters.